The van der Waals surface area contributed by atoms with Gasteiger partial charge in [-0.25, -0.2) is 4.68 Å². The van der Waals surface area contributed by atoms with Crippen LogP contribution in [0.1, 0.15) is 21.6 Å². The van der Waals surface area contributed by atoms with Gasteiger partial charge >= 0.3 is 0 Å². The van der Waals surface area contributed by atoms with Crippen molar-refractivity contribution in [2.75, 3.05) is 19.4 Å². The number of nitrogens with zero attached hydrogens (tertiary/aromatic N) is 3. The minimum Gasteiger partial charge on any atom is -0.321 e. The monoisotopic (exact) mass is 362 g/mol. The standard InChI is InChI=1S/C21H22N4O2/c1-24(2)14-17-9-6-10-18(13-17)22-21(27)19-11-12-20(26)25(23-19)15-16-7-4-3-5-8-16/h3-13H,14-15H2,1-2H3,(H,22,27). The summed E-state index contributed by atoms with van der Waals surface area (Å²) < 4.78 is 1.30. The second kappa shape index (κ2) is 8.42. The quantitative estimate of drug-likeness (QED) is 0.732. The van der Waals surface area contributed by atoms with Crippen molar-refractivity contribution in [2.24, 2.45) is 0 Å². The molecule has 0 aliphatic carbocycles. The van der Waals surface area contributed by atoms with Crippen LogP contribution in [-0.4, -0.2) is 34.7 Å². The van der Waals surface area contributed by atoms with Crippen molar-refractivity contribution in [2.45, 2.75) is 13.1 Å². The number of carbonyl (C=O) groups excluding carboxylic acids is 1. The van der Waals surface area contributed by atoms with Crippen LogP contribution in [0, 0.1) is 0 Å². The zero-order valence-corrected chi connectivity index (χ0v) is 15.4. The molecule has 0 saturated heterocycles. The SMILES string of the molecule is CN(C)Cc1cccc(NC(=O)c2ccc(=O)n(Cc3ccccc3)n2)c1. The first kappa shape index (κ1) is 18.5. The molecule has 3 rings (SSSR count). The molecule has 1 aromatic heterocycles. The average molecular weight is 362 g/mol. The van der Waals surface area contributed by atoms with Crippen LogP contribution in [0.3, 0.4) is 0 Å². The topological polar surface area (TPSA) is 67.2 Å². The van der Waals surface area contributed by atoms with Gasteiger partial charge in [0.05, 0.1) is 6.54 Å². The minimum absolute atomic E-state index is 0.198. The van der Waals surface area contributed by atoms with Gasteiger partial charge in [-0.15, -0.1) is 0 Å². The maximum absolute atomic E-state index is 12.6. The second-order valence-corrected chi connectivity index (χ2v) is 6.59. The van der Waals surface area contributed by atoms with Gasteiger partial charge in [-0.3, -0.25) is 9.59 Å². The molecule has 27 heavy (non-hydrogen) atoms. The Balaban J connectivity index is 1.77. The van der Waals surface area contributed by atoms with Gasteiger partial charge in [0, 0.05) is 18.3 Å². The molecule has 0 aliphatic rings. The fourth-order valence-corrected chi connectivity index (χ4v) is 2.75. The van der Waals surface area contributed by atoms with Gasteiger partial charge in [0.2, 0.25) is 0 Å². The summed E-state index contributed by atoms with van der Waals surface area (Å²) >= 11 is 0. The predicted octanol–water partition coefficient (Wildman–Crippen LogP) is 2.61. The summed E-state index contributed by atoms with van der Waals surface area (Å²) in [5.74, 6) is -0.348. The van der Waals surface area contributed by atoms with Gasteiger partial charge in [-0.05, 0) is 43.4 Å². The first-order chi connectivity index (χ1) is 13.0. The van der Waals surface area contributed by atoms with Gasteiger partial charge in [0.15, 0.2) is 0 Å². The molecule has 0 saturated carbocycles. The first-order valence-corrected chi connectivity index (χ1v) is 8.68. The number of carbonyl (C=O) groups is 1. The third-order valence-electron chi connectivity index (χ3n) is 3.96. The smallest absolute Gasteiger partial charge is 0.276 e. The lowest BCUT2D eigenvalue weighted by Crippen LogP contribution is -2.26. The molecule has 1 heterocycles. The highest BCUT2D eigenvalue weighted by Crippen LogP contribution is 2.13. The molecular weight excluding hydrogens is 340 g/mol. The fraction of sp³-hybridized carbons (Fsp3) is 0.190. The van der Waals surface area contributed by atoms with Crippen LogP contribution in [0.4, 0.5) is 5.69 Å². The van der Waals surface area contributed by atoms with Crippen molar-refractivity contribution in [1.29, 1.82) is 0 Å². The largest absolute Gasteiger partial charge is 0.321 e. The van der Waals surface area contributed by atoms with Crippen LogP contribution >= 0.6 is 0 Å². The molecular formula is C21H22N4O2. The Labute approximate surface area is 158 Å². The number of anilines is 1. The van der Waals surface area contributed by atoms with E-state index in [1.54, 1.807) is 0 Å². The molecule has 0 unspecified atom stereocenters. The number of benzene rings is 2. The Kier molecular flexibility index (Phi) is 5.78. The highest BCUT2D eigenvalue weighted by Gasteiger charge is 2.11. The molecule has 1 N–H and O–H groups in total. The average Bonchev–Trinajstić information content (AvgIpc) is 2.64. The zero-order valence-electron chi connectivity index (χ0n) is 15.4. The Bertz CT molecular complexity index is 981. The predicted molar refractivity (Wildman–Crippen MR) is 106 cm³/mol. The Morgan fingerprint density at radius 3 is 2.48 bits per heavy atom. The Hall–Kier alpha value is -3.25. The van der Waals surface area contributed by atoms with E-state index in [0.29, 0.717) is 12.2 Å². The number of nitrogens with one attached hydrogen (secondary N) is 1. The lowest BCUT2D eigenvalue weighted by Gasteiger charge is -2.12. The van der Waals surface area contributed by atoms with Gasteiger partial charge in [-0.1, -0.05) is 42.5 Å². The van der Waals surface area contributed by atoms with E-state index < -0.39 is 0 Å². The Morgan fingerprint density at radius 2 is 1.74 bits per heavy atom. The zero-order chi connectivity index (χ0) is 19.2. The highest BCUT2D eigenvalue weighted by molar-refractivity contribution is 6.02. The number of rotatable bonds is 6. The fourth-order valence-electron chi connectivity index (χ4n) is 2.75. The molecule has 6 nitrogen and oxygen atoms in total. The molecule has 1 amide bonds. The second-order valence-electron chi connectivity index (χ2n) is 6.59. The van der Waals surface area contributed by atoms with Crippen molar-refractivity contribution >= 4 is 11.6 Å². The molecule has 6 heteroatoms. The normalized spacial score (nSPS) is 10.8. The molecule has 0 fully saturated rings. The summed E-state index contributed by atoms with van der Waals surface area (Å²) in [4.78, 5) is 26.7. The van der Waals surface area contributed by atoms with Crippen LogP contribution in [-0.2, 0) is 13.1 Å². The van der Waals surface area contributed by atoms with Crippen LogP contribution in [0.2, 0.25) is 0 Å². The van der Waals surface area contributed by atoms with Crippen LogP contribution < -0.4 is 10.9 Å². The summed E-state index contributed by atoms with van der Waals surface area (Å²) in [7, 11) is 3.98. The van der Waals surface area contributed by atoms with E-state index in [-0.39, 0.29) is 17.2 Å². The lowest BCUT2D eigenvalue weighted by molar-refractivity contribution is 0.102. The van der Waals surface area contributed by atoms with E-state index >= 15 is 0 Å². The first-order valence-electron chi connectivity index (χ1n) is 8.68. The molecule has 0 radical (unpaired) electrons. The molecule has 0 aliphatic heterocycles. The molecule has 2 aromatic carbocycles. The van der Waals surface area contributed by atoms with Gasteiger partial charge in [-0.2, -0.15) is 5.10 Å². The van der Waals surface area contributed by atoms with Crippen LogP contribution in [0.5, 0.6) is 0 Å². The van der Waals surface area contributed by atoms with Gasteiger partial charge in [0.1, 0.15) is 5.69 Å². The maximum Gasteiger partial charge on any atom is 0.276 e. The van der Waals surface area contributed by atoms with E-state index in [9.17, 15) is 9.59 Å². The van der Waals surface area contributed by atoms with E-state index in [2.05, 4.69) is 15.3 Å². The number of hydrogen-bond acceptors (Lipinski definition) is 4. The van der Waals surface area contributed by atoms with Gasteiger partial charge in [0.25, 0.3) is 11.5 Å². The van der Waals surface area contributed by atoms with E-state index in [1.165, 1.54) is 16.8 Å². The van der Waals surface area contributed by atoms with E-state index in [0.717, 1.165) is 17.7 Å². The van der Waals surface area contributed by atoms with Gasteiger partial charge < -0.3 is 10.2 Å². The number of aromatic nitrogens is 2. The number of hydrogen-bond donors (Lipinski definition) is 1. The molecule has 0 atom stereocenters. The summed E-state index contributed by atoms with van der Waals surface area (Å²) in [6.45, 7) is 1.10. The van der Waals surface area contributed by atoms with Crippen LogP contribution in [0.15, 0.2) is 71.5 Å². The number of amides is 1. The molecule has 0 bridgehead atoms. The van der Waals surface area contributed by atoms with E-state index in [1.807, 2.05) is 68.7 Å². The lowest BCUT2D eigenvalue weighted by atomic mass is 10.2. The molecule has 3 aromatic rings. The summed E-state index contributed by atoms with van der Waals surface area (Å²) in [5, 5.41) is 7.07. The van der Waals surface area contributed by atoms with Crippen molar-refractivity contribution in [3.05, 3.63) is 93.9 Å². The Morgan fingerprint density at radius 1 is 1.00 bits per heavy atom. The minimum atomic E-state index is -0.348. The summed E-state index contributed by atoms with van der Waals surface area (Å²) in [5.41, 5.74) is 2.69. The van der Waals surface area contributed by atoms with Crippen molar-refractivity contribution in [3.63, 3.8) is 0 Å². The van der Waals surface area contributed by atoms with Crippen molar-refractivity contribution in [3.8, 4) is 0 Å². The molecule has 138 valence electrons. The third-order valence-corrected chi connectivity index (χ3v) is 3.96. The molecule has 0 spiro atoms. The van der Waals surface area contributed by atoms with Crippen molar-refractivity contribution < 1.29 is 4.79 Å². The third kappa shape index (κ3) is 5.12. The summed E-state index contributed by atoms with van der Waals surface area (Å²) in [6.07, 6.45) is 0. The van der Waals surface area contributed by atoms with E-state index in [4.69, 9.17) is 0 Å². The maximum atomic E-state index is 12.6. The summed E-state index contributed by atoms with van der Waals surface area (Å²) in [6, 6.07) is 20.0. The van der Waals surface area contributed by atoms with Crippen molar-refractivity contribution in [1.82, 2.24) is 14.7 Å². The van der Waals surface area contributed by atoms with Crippen LogP contribution in [0.25, 0.3) is 0 Å². The highest BCUT2D eigenvalue weighted by atomic mass is 16.2.